The molecule has 0 spiro atoms. The van der Waals surface area contributed by atoms with Gasteiger partial charge in [0.05, 0.1) is 5.56 Å². The van der Waals surface area contributed by atoms with Crippen molar-refractivity contribution in [1.29, 1.82) is 0 Å². The first-order chi connectivity index (χ1) is 7.65. The summed E-state index contributed by atoms with van der Waals surface area (Å²) in [6, 6.07) is 5.15. The molecule has 0 aliphatic heterocycles. The monoisotopic (exact) mass is 286 g/mol. The zero-order valence-electron chi connectivity index (χ0n) is 9.13. The van der Waals surface area contributed by atoms with Crippen LogP contribution in [0.2, 0.25) is 0 Å². The van der Waals surface area contributed by atoms with Crippen molar-refractivity contribution >= 4 is 21.8 Å². The van der Waals surface area contributed by atoms with Gasteiger partial charge in [0.15, 0.2) is 0 Å². The lowest BCUT2D eigenvalue weighted by Gasteiger charge is -2.10. The summed E-state index contributed by atoms with van der Waals surface area (Å²) in [5.74, 6) is 0.0331. The Labute approximate surface area is 103 Å². The first-order valence-electron chi connectivity index (χ1n) is 5.08. The molecule has 0 aromatic heterocycles. The molecule has 0 radical (unpaired) electrons. The second-order valence-electron chi connectivity index (χ2n) is 3.21. The molecule has 1 amide bonds. The van der Waals surface area contributed by atoms with Crippen molar-refractivity contribution in [2.45, 2.75) is 6.92 Å². The number of amides is 1. The minimum absolute atomic E-state index is 0.402. The Hall–Kier alpha value is -1.07. The fraction of sp³-hybridized carbons (Fsp3) is 0.364. The Balaban J connectivity index is 2.68. The maximum atomic E-state index is 11.1. The SMILES string of the molecule is CCNCCOc1cc(Br)ccc1C(N)=O. The van der Waals surface area contributed by atoms with Crippen molar-refractivity contribution in [2.75, 3.05) is 19.7 Å². The van der Waals surface area contributed by atoms with Crippen molar-refractivity contribution in [1.82, 2.24) is 5.32 Å². The molecular weight excluding hydrogens is 272 g/mol. The number of hydrogen-bond donors (Lipinski definition) is 2. The second kappa shape index (κ2) is 6.50. The predicted octanol–water partition coefficient (Wildman–Crippen LogP) is 1.54. The van der Waals surface area contributed by atoms with Gasteiger partial charge in [-0.2, -0.15) is 0 Å². The van der Waals surface area contributed by atoms with Gasteiger partial charge in [0.1, 0.15) is 12.4 Å². The normalized spacial score (nSPS) is 10.1. The number of hydrogen-bond acceptors (Lipinski definition) is 3. The van der Waals surface area contributed by atoms with Crippen LogP contribution < -0.4 is 15.8 Å². The van der Waals surface area contributed by atoms with Crippen LogP contribution in [0.5, 0.6) is 5.75 Å². The van der Waals surface area contributed by atoms with Gasteiger partial charge in [0.2, 0.25) is 0 Å². The molecule has 1 aromatic carbocycles. The summed E-state index contributed by atoms with van der Waals surface area (Å²) < 4.78 is 6.35. The molecule has 0 heterocycles. The smallest absolute Gasteiger partial charge is 0.252 e. The number of primary amides is 1. The molecule has 0 unspecified atom stereocenters. The Morgan fingerprint density at radius 3 is 2.94 bits per heavy atom. The fourth-order valence-electron chi connectivity index (χ4n) is 1.23. The summed E-state index contributed by atoms with van der Waals surface area (Å²) in [7, 11) is 0. The minimum Gasteiger partial charge on any atom is -0.491 e. The Kier molecular flexibility index (Phi) is 5.28. The molecule has 0 bridgehead atoms. The van der Waals surface area contributed by atoms with Crippen molar-refractivity contribution in [3.63, 3.8) is 0 Å². The summed E-state index contributed by atoms with van der Waals surface area (Å²) in [5, 5.41) is 3.13. The Bertz CT molecular complexity index is 369. The maximum absolute atomic E-state index is 11.1. The van der Waals surface area contributed by atoms with E-state index in [-0.39, 0.29) is 0 Å². The molecule has 5 heteroatoms. The van der Waals surface area contributed by atoms with Gasteiger partial charge in [-0.3, -0.25) is 4.79 Å². The molecule has 0 saturated carbocycles. The van der Waals surface area contributed by atoms with Gasteiger partial charge < -0.3 is 15.8 Å². The van der Waals surface area contributed by atoms with E-state index in [0.29, 0.717) is 17.9 Å². The Morgan fingerprint density at radius 1 is 1.56 bits per heavy atom. The zero-order valence-corrected chi connectivity index (χ0v) is 10.7. The number of benzene rings is 1. The molecular formula is C11H15BrN2O2. The average Bonchev–Trinajstić information content (AvgIpc) is 2.24. The van der Waals surface area contributed by atoms with E-state index >= 15 is 0 Å². The van der Waals surface area contributed by atoms with Crippen molar-refractivity contribution < 1.29 is 9.53 Å². The van der Waals surface area contributed by atoms with Gasteiger partial charge in [0.25, 0.3) is 5.91 Å². The van der Waals surface area contributed by atoms with E-state index in [0.717, 1.165) is 17.6 Å². The van der Waals surface area contributed by atoms with Gasteiger partial charge in [0, 0.05) is 11.0 Å². The standard InChI is InChI=1S/C11H15BrN2O2/c1-2-14-5-6-16-10-7-8(12)3-4-9(10)11(13)15/h3-4,7,14H,2,5-6H2,1H3,(H2,13,15). The molecule has 3 N–H and O–H groups in total. The molecule has 16 heavy (non-hydrogen) atoms. The van der Waals surface area contributed by atoms with Crippen LogP contribution in [0.25, 0.3) is 0 Å². The van der Waals surface area contributed by atoms with Crippen molar-refractivity contribution in [2.24, 2.45) is 5.73 Å². The van der Waals surface area contributed by atoms with E-state index in [1.807, 2.05) is 6.92 Å². The van der Waals surface area contributed by atoms with E-state index in [1.165, 1.54) is 0 Å². The van der Waals surface area contributed by atoms with Gasteiger partial charge in [-0.05, 0) is 24.7 Å². The molecule has 1 rings (SSSR count). The first kappa shape index (κ1) is 13.0. The van der Waals surface area contributed by atoms with Crippen LogP contribution in [0.3, 0.4) is 0 Å². The Morgan fingerprint density at radius 2 is 2.31 bits per heavy atom. The lowest BCUT2D eigenvalue weighted by molar-refractivity contribution is 0.0996. The fourth-order valence-corrected chi connectivity index (χ4v) is 1.57. The molecule has 0 fully saturated rings. The summed E-state index contributed by atoms with van der Waals surface area (Å²) in [5.41, 5.74) is 5.65. The number of halogens is 1. The van der Waals surface area contributed by atoms with E-state index in [1.54, 1.807) is 18.2 Å². The molecule has 0 saturated heterocycles. The number of likely N-dealkylation sites (N-methyl/N-ethyl adjacent to an activating group) is 1. The highest BCUT2D eigenvalue weighted by Crippen LogP contribution is 2.23. The molecule has 1 aromatic rings. The molecule has 0 atom stereocenters. The lowest BCUT2D eigenvalue weighted by Crippen LogP contribution is -2.21. The third-order valence-electron chi connectivity index (χ3n) is 2.00. The molecule has 0 aliphatic carbocycles. The van der Waals surface area contributed by atoms with Crippen LogP contribution in [0.4, 0.5) is 0 Å². The topological polar surface area (TPSA) is 64.3 Å². The number of nitrogens with two attached hydrogens (primary N) is 1. The largest absolute Gasteiger partial charge is 0.491 e. The number of nitrogens with one attached hydrogen (secondary N) is 1. The summed E-state index contributed by atoms with van der Waals surface area (Å²) in [6.07, 6.45) is 0. The maximum Gasteiger partial charge on any atom is 0.252 e. The van der Waals surface area contributed by atoms with Crippen molar-refractivity contribution in [3.8, 4) is 5.75 Å². The molecule has 0 aliphatic rings. The van der Waals surface area contributed by atoms with Crippen LogP contribution in [-0.4, -0.2) is 25.6 Å². The van der Waals surface area contributed by atoms with Crippen LogP contribution >= 0.6 is 15.9 Å². The van der Waals surface area contributed by atoms with E-state index in [2.05, 4.69) is 21.2 Å². The zero-order chi connectivity index (χ0) is 12.0. The predicted molar refractivity (Wildman–Crippen MR) is 66.7 cm³/mol. The van der Waals surface area contributed by atoms with Crippen LogP contribution in [0.15, 0.2) is 22.7 Å². The summed E-state index contributed by atoms with van der Waals surface area (Å²) in [6.45, 7) is 4.16. The quantitative estimate of drug-likeness (QED) is 0.780. The molecule has 4 nitrogen and oxygen atoms in total. The van der Waals surface area contributed by atoms with E-state index < -0.39 is 5.91 Å². The number of carbonyl (C=O) groups is 1. The number of ether oxygens (including phenoxy) is 1. The van der Waals surface area contributed by atoms with Crippen LogP contribution in [-0.2, 0) is 0 Å². The second-order valence-corrected chi connectivity index (χ2v) is 4.12. The highest BCUT2D eigenvalue weighted by molar-refractivity contribution is 9.10. The van der Waals surface area contributed by atoms with E-state index in [4.69, 9.17) is 10.5 Å². The van der Waals surface area contributed by atoms with Gasteiger partial charge in [-0.15, -0.1) is 0 Å². The highest BCUT2D eigenvalue weighted by atomic mass is 79.9. The lowest BCUT2D eigenvalue weighted by atomic mass is 10.2. The number of carbonyl (C=O) groups excluding carboxylic acids is 1. The van der Waals surface area contributed by atoms with Gasteiger partial charge in [-0.25, -0.2) is 0 Å². The van der Waals surface area contributed by atoms with Gasteiger partial charge in [-0.1, -0.05) is 22.9 Å². The number of rotatable bonds is 6. The summed E-state index contributed by atoms with van der Waals surface area (Å²) >= 11 is 3.32. The van der Waals surface area contributed by atoms with Crippen molar-refractivity contribution in [3.05, 3.63) is 28.2 Å². The van der Waals surface area contributed by atoms with Gasteiger partial charge >= 0.3 is 0 Å². The van der Waals surface area contributed by atoms with E-state index in [9.17, 15) is 4.79 Å². The third kappa shape index (κ3) is 3.83. The van der Waals surface area contributed by atoms with Crippen LogP contribution in [0, 0.1) is 0 Å². The molecule has 88 valence electrons. The van der Waals surface area contributed by atoms with Crippen LogP contribution in [0.1, 0.15) is 17.3 Å². The third-order valence-corrected chi connectivity index (χ3v) is 2.49. The first-order valence-corrected chi connectivity index (χ1v) is 5.87. The minimum atomic E-state index is -0.481. The summed E-state index contributed by atoms with van der Waals surface area (Å²) in [4.78, 5) is 11.1. The highest BCUT2D eigenvalue weighted by Gasteiger charge is 2.09. The average molecular weight is 287 g/mol.